The molecule has 0 atom stereocenters. The number of aromatic hydroxyl groups is 1. The number of carbonyl (C=O) groups is 1. The van der Waals surface area contributed by atoms with Crippen LogP contribution in [0, 0.1) is 6.92 Å². The maximum Gasteiger partial charge on any atom is 0.166 e. The van der Waals surface area contributed by atoms with Gasteiger partial charge in [0.25, 0.3) is 0 Å². The van der Waals surface area contributed by atoms with E-state index in [0.717, 1.165) is 6.42 Å². The van der Waals surface area contributed by atoms with Crippen molar-refractivity contribution in [2.24, 2.45) is 0 Å². The van der Waals surface area contributed by atoms with Gasteiger partial charge >= 0.3 is 0 Å². The van der Waals surface area contributed by atoms with Crippen LogP contribution in [0.3, 0.4) is 0 Å². The molecule has 0 spiro atoms. The SMILES string of the molecule is Cc1cc2c(cc1O)OCCCC2=O. The molecule has 3 heteroatoms. The molecule has 1 aromatic carbocycles. The average Bonchev–Trinajstić information content (AvgIpc) is 2.31. The van der Waals surface area contributed by atoms with Gasteiger partial charge in [-0.25, -0.2) is 0 Å². The van der Waals surface area contributed by atoms with E-state index in [1.165, 1.54) is 6.07 Å². The number of aryl methyl sites for hydroxylation is 1. The zero-order valence-electron chi connectivity index (χ0n) is 8.04. The molecule has 74 valence electrons. The van der Waals surface area contributed by atoms with Crippen LogP contribution in [0.4, 0.5) is 0 Å². The van der Waals surface area contributed by atoms with Gasteiger partial charge in [-0.1, -0.05) is 0 Å². The molecule has 1 N–H and O–H groups in total. The predicted octanol–water partition coefficient (Wildman–Crippen LogP) is 2.06. The molecule has 0 saturated carbocycles. The Morgan fingerprint density at radius 3 is 3.00 bits per heavy atom. The van der Waals surface area contributed by atoms with Crippen molar-refractivity contribution >= 4 is 5.78 Å². The lowest BCUT2D eigenvalue weighted by atomic mass is 10.0. The van der Waals surface area contributed by atoms with Crippen LogP contribution in [0.1, 0.15) is 28.8 Å². The van der Waals surface area contributed by atoms with Crippen LogP contribution >= 0.6 is 0 Å². The van der Waals surface area contributed by atoms with E-state index in [4.69, 9.17) is 4.74 Å². The first-order valence-corrected chi connectivity index (χ1v) is 4.68. The minimum absolute atomic E-state index is 0.0978. The van der Waals surface area contributed by atoms with Gasteiger partial charge < -0.3 is 9.84 Å². The van der Waals surface area contributed by atoms with Crippen molar-refractivity contribution in [2.45, 2.75) is 19.8 Å². The summed E-state index contributed by atoms with van der Waals surface area (Å²) in [5.41, 5.74) is 1.31. The molecule has 0 radical (unpaired) electrons. The fourth-order valence-corrected chi connectivity index (χ4v) is 1.56. The van der Waals surface area contributed by atoms with Gasteiger partial charge in [-0.15, -0.1) is 0 Å². The third kappa shape index (κ3) is 1.45. The first kappa shape index (κ1) is 9.06. The molecule has 0 bridgehead atoms. The van der Waals surface area contributed by atoms with Gasteiger partial charge in [-0.05, 0) is 25.0 Å². The van der Waals surface area contributed by atoms with Crippen LogP contribution in [0.25, 0.3) is 0 Å². The number of phenolic OH excluding ortho intramolecular Hbond substituents is 1. The molecule has 1 heterocycles. The predicted molar refractivity (Wildman–Crippen MR) is 51.9 cm³/mol. The molecule has 0 unspecified atom stereocenters. The highest BCUT2D eigenvalue weighted by Crippen LogP contribution is 2.30. The second-order valence-corrected chi connectivity index (χ2v) is 3.51. The molecule has 1 aliphatic heterocycles. The molecule has 0 aromatic heterocycles. The largest absolute Gasteiger partial charge is 0.508 e. The Morgan fingerprint density at radius 2 is 2.21 bits per heavy atom. The Morgan fingerprint density at radius 1 is 1.43 bits per heavy atom. The molecule has 0 fully saturated rings. The third-order valence-electron chi connectivity index (χ3n) is 2.40. The fraction of sp³-hybridized carbons (Fsp3) is 0.364. The summed E-state index contributed by atoms with van der Waals surface area (Å²) in [4.78, 5) is 11.6. The number of fused-ring (bicyclic) bond motifs is 1. The van der Waals surface area contributed by atoms with Gasteiger partial charge in [0.1, 0.15) is 11.5 Å². The number of ether oxygens (including phenoxy) is 1. The van der Waals surface area contributed by atoms with Crippen molar-refractivity contribution in [1.82, 2.24) is 0 Å². The summed E-state index contributed by atoms with van der Waals surface area (Å²) in [6.07, 6.45) is 1.27. The number of hydrogen-bond acceptors (Lipinski definition) is 3. The van der Waals surface area contributed by atoms with Crippen LogP contribution in [0.2, 0.25) is 0 Å². The lowest BCUT2D eigenvalue weighted by Gasteiger charge is -2.08. The van der Waals surface area contributed by atoms with Crippen molar-refractivity contribution in [3.8, 4) is 11.5 Å². The number of rotatable bonds is 0. The topological polar surface area (TPSA) is 46.5 Å². The van der Waals surface area contributed by atoms with E-state index in [2.05, 4.69) is 0 Å². The molecule has 0 saturated heterocycles. The standard InChI is InChI=1S/C11H12O3/c1-7-5-8-9(12)3-2-4-14-11(8)6-10(7)13/h5-6,13H,2-4H2,1H3. The van der Waals surface area contributed by atoms with Crippen LogP contribution in [0.15, 0.2) is 12.1 Å². The molecule has 0 aliphatic carbocycles. The van der Waals surface area contributed by atoms with Gasteiger partial charge in [0.05, 0.1) is 12.2 Å². The summed E-state index contributed by atoms with van der Waals surface area (Å²) < 4.78 is 5.37. The van der Waals surface area contributed by atoms with Crippen LogP contribution in [0.5, 0.6) is 11.5 Å². The molecule has 1 aliphatic rings. The molecular formula is C11H12O3. The molecule has 1 aromatic rings. The minimum atomic E-state index is 0.0978. The normalized spacial score (nSPS) is 15.6. The maximum absolute atomic E-state index is 11.6. The van der Waals surface area contributed by atoms with E-state index < -0.39 is 0 Å². The molecule has 2 rings (SSSR count). The van der Waals surface area contributed by atoms with Crippen molar-refractivity contribution in [2.75, 3.05) is 6.61 Å². The van der Waals surface area contributed by atoms with Crippen LogP contribution < -0.4 is 4.74 Å². The fourth-order valence-electron chi connectivity index (χ4n) is 1.56. The van der Waals surface area contributed by atoms with Crippen LogP contribution in [-0.2, 0) is 0 Å². The van der Waals surface area contributed by atoms with E-state index in [1.807, 2.05) is 0 Å². The Kier molecular flexibility index (Phi) is 2.15. The monoisotopic (exact) mass is 192 g/mol. The highest BCUT2D eigenvalue weighted by atomic mass is 16.5. The zero-order valence-corrected chi connectivity index (χ0v) is 8.04. The molecule has 3 nitrogen and oxygen atoms in total. The van der Waals surface area contributed by atoms with E-state index >= 15 is 0 Å². The number of benzene rings is 1. The van der Waals surface area contributed by atoms with Gasteiger partial charge in [-0.2, -0.15) is 0 Å². The number of hydrogen-bond donors (Lipinski definition) is 1. The zero-order chi connectivity index (χ0) is 10.1. The lowest BCUT2D eigenvalue weighted by molar-refractivity contribution is 0.0983. The van der Waals surface area contributed by atoms with Crippen molar-refractivity contribution in [3.05, 3.63) is 23.3 Å². The Bertz CT molecular complexity index is 382. The number of ketones is 1. The molecule has 0 amide bonds. The number of carbonyl (C=O) groups excluding carboxylic acids is 1. The van der Waals surface area contributed by atoms with Gasteiger partial charge in [0, 0.05) is 12.5 Å². The van der Waals surface area contributed by atoms with Crippen molar-refractivity contribution in [3.63, 3.8) is 0 Å². The summed E-state index contributed by atoms with van der Waals surface area (Å²) in [5, 5.41) is 9.46. The Hall–Kier alpha value is -1.51. The van der Waals surface area contributed by atoms with Gasteiger partial charge in [0.2, 0.25) is 0 Å². The highest BCUT2D eigenvalue weighted by Gasteiger charge is 2.18. The smallest absolute Gasteiger partial charge is 0.166 e. The summed E-state index contributed by atoms with van der Waals surface area (Å²) in [6, 6.07) is 3.21. The van der Waals surface area contributed by atoms with Crippen molar-refractivity contribution < 1.29 is 14.6 Å². The summed E-state index contributed by atoms with van der Waals surface area (Å²) >= 11 is 0. The molecular weight excluding hydrogens is 180 g/mol. The number of Topliss-reactive ketones (excluding diaryl/α,β-unsaturated/α-hetero) is 1. The molecule has 14 heavy (non-hydrogen) atoms. The number of phenols is 1. The van der Waals surface area contributed by atoms with Gasteiger partial charge in [-0.3, -0.25) is 4.79 Å². The third-order valence-corrected chi connectivity index (χ3v) is 2.40. The van der Waals surface area contributed by atoms with E-state index in [0.29, 0.717) is 29.9 Å². The Balaban J connectivity index is 2.54. The van der Waals surface area contributed by atoms with Crippen LogP contribution in [-0.4, -0.2) is 17.5 Å². The average molecular weight is 192 g/mol. The quantitative estimate of drug-likeness (QED) is 0.684. The minimum Gasteiger partial charge on any atom is -0.508 e. The first-order chi connectivity index (χ1) is 6.68. The van der Waals surface area contributed by atoms with E-state index in [1.54, 1.807) is 13.0 Å². The van der Waals surface area contributed by atoms with E-state index in [9.17, 15) is 9.90 Å². The second-order valence-electron chi connectivity index (χ2n) is 3.51. The Labute approximate surface area is 82.3 Å². The highest BCUT2D eigenvalue weighted by molar-refractivity contribution is 5.99. The van der Waals surface area contributed by atoms with E-state index in [-0.39, 0.29) is 11.5 Å². The first-order valence-electron chi connectivity index (χ1n) is 4.68. The van der Waals surface area contributed by atoms with Crippen molar-refractivity contribution in [1.29, 1.82) is 0 Å². The van der Waals surface area contributed by atoms with Gasteiger partial charge in [0.15, 0.2) is 5.78 Å². The maximum atomic E-state index is 11.6. The second kappa shape index (κ2) is 3.33. The summed E-state index contributed by atoms with van der Waals surface area (Å²) in [7, 11) is 0. The lowest BCUT2D eigenvalue weighted by Crippen LogP contribution is -1.98. The summed E-state index contributed by atoms with van der Waals surface area (Å²) in [5.74, 6) is 0.787. The summed E-state index contributed by atoms with van der Waals surface area (Å²) in [6.45, 7) is 2.31.